The Morgan fingerprint density at radius 3 is 2.08 bits per heavy atom. The van der Waals surface area contributed by atoms with E-state index in [0.29, 0.717) is 6.54 Å². The average molecular weight is 470 g/mol. The molecule has 8 heteroatoms. The van der Waals surface area contributed by atoms with Crippen molar-refractivity contribution in [1.82, 2.24) is 5.32 Å². The van der Waals surface area contributed by atoms with Crippen molar-refractivity contribution in [3.63, 3.8) is 0 Å². The molecule has 0 saturated carbocycles. The van der Waals surface area contributed by atoms with E-state index in [9.17, 15) is 4.79 Å². The number of carbonyl (C=O) groups excluding carboxylic acids is 1. The van der Waals surface area contributed by atoms with Gasteiger partial charge in [0.1, 0.15) is 18.0 Å². The van der Waals surface area contributed by atoms with Gasteiger partial charge in [-0.25, -0.2) is 4.99 Å². The summed E-state index contributed by atoms with van der Waals surface area (Å²) in [6.45, 7) is 0.370. The molecule has 0 heterocycles. The molecule has 140 valence electrons. The van der Waals surface area contributed by atoms with Crippen molar-refractivity contribution >= 4 is 41.5 Å². The van der Waals surface area contributed by atoms with Crippen LogP contribution in [-0.4, -0.2) is 32.6 Å². The highest BCUT2D eigenvalue weighted by Gasteiger charge is 2.02. The molecule has 0 fully saturated rings. The van der Waals surface area contributed by atoms with E-state index in [-0.39, 0.29) is 42.4 Å². The third-order valence-electron chi connectivity index (χ3n) is 3.40. The average Bonchev–Trinajstić information content (AvgIpc) is 2.65. The van der Waals surface area contributed by atoms with Crippen molar-refractivity contribution in [2.24, 2.45) is 10.7 Å². The molecule has 0 aromatic heterocycles. The Labute approximate surface area is 170 Å². The van der Waals surface area contributed by atoms with Gasteiger partial charge in [-0.1, -0.05) is 12.1 Å². The van der Waals surface area contributed by atoms with Gasteiger partial charge in [0.05, 0.1) is 14.2 Å². The van der Waals surface area contributed by atoms with Gasteiger partial charge < -0.3 is 25.8 Å². The summed E-state index contributed by atoms with van der Waals surface area (Å²) in [5, 5.41) is 5.70. The van der Waals surface area contributed by atoms with Crippen molar-refractivity contribution < 1.29 is 14.3 Å². The number of hydrogen-bond acceptors (Lipinski definition) is 4. The molecule has 0 radical (unpaired) electrons. The topological polar surface area (TPSA) is 98.0 Å². The van der Waals surface area contributed by atoms with Crippen molar-refractivity contribution in [1.29, 1.82) is 0 Å². The Hall–Kier alpha value is -2.49. The van der Waals surface area contributed by atoms with Crippen LogP contribution >= 0.6 is 24.0 Å². The van der Waals surface area contributed by atoms with Gasteiger partial charge in [0.15, 0.2) is 5.96 Å². The summed E-state index contributed by atoms with van der Waals surface area (Å²) in [4.78, 5) is 15.9. The molecule has 0 saturated heterocycles. The molecule has 0 aliphatic rings. The molecule has 7 nitrogen and oxygen atoms in total. The van der Waals surface area contributed by atoms with Gasteiger partial charge in [-0.3, -0.25) is 4.79 Å². The van der Waals surface area contributed by atoms with Crippen LogP contribution in [0, 0.1) is 0 Å². The molecule has 0 unspecified atom stereocenters. The number of nitrogens with one attached hydrogen (secondary N) is 2. The lowest BCUT2D eigenvalue weighted by Gasteiger charge is -2.07. The number of amides is 1. The number of benzene rings is 2. The second-order valence-electron chi connectivity index (χ2n) is 5.18. The van der Waals surface area contributed by atoms with Crippen LogP contribution < -0.4 is 25.8 Å². The highest BCUT2D eigenvalue weighted by Crippen LogP contribution is 2.14. The van der Waals surface area contributed by atoms with E-state index < -0.39 is 0 Å². The van der Waals surface area contributed by atoms with E-state index in [1.165, 1.54) is 0 Å². The zero-order valence-electron chi connectivity index (χ0n) is 14.7. The predicted octanol–water partition coefficient (Wildman–Crippen LogP) is 2.36. The van der Waals surface area contributed by atoms with Crippen LogP contribution in [0.25, 0.3) is 0 Å². The molecule has 0 aliphatic carbocycles. The Balaban J connectivity index is 0.00000338. The Kier molecular flexibility index (Phi) is 9.27. The van der Waals surface area contributed by atoms with Crippen LogP contribution in [0.3, 0.4) is 0 Å². The highest BCUT2D eigenvalue weighted by molar-refractivity contribution is 14.0. The fourth-order valence-electron chi connectivity index (χ4n) is 2.02. The second-order valence-corrected chi connectivity index (χ2v) is 5.18. The van der Waals surface area contributed by atoms with Gasteiger partial charge in [0, 0.05) is 12.2 Å². The number of hydrogen-bond donors (Lipinski definition) is 3. The largest absolute Gasteiger partial charge is 0.497 e. The summed E-state index contributed by atoms with van der Waals surface area (Å²) in [6.07, 6.45) is 0. The summed E-state index contributed by atoms with van der Waals surface area (Å²) in [5.74, 6) is 1.48. The zero-order valence-corrected chi connectivity index (χ0v) is 17.0. The molecule has 0 spiro atoms. The van der Waals surface area contributed by atoms with E-state index in [1.54, 1.807) is 26.4 Å². The van der Waals surface area contributed by atoms with Crippen LogP contribution in [-0.2, 0) is 11.3 Å². The summed E-state index contributed by atoms with van der Waals surface area (Å²) in [5.41, 5.74) is 7.52. The summed E-state index contributed by atoms with van der Waals surface area (Å²) in [7, 11) is 3.21. The smallest absolute Gasteiger partial charge is 0.242 e. The molecule has 0 aliphatic heterocycles. The van der Waals surface area contributed by atoms with Crippen LogP contribution in [0.2, 0.25) is 0 Å². The summed E-state index contributed by atoms with van der Waals surface area (Å²) in [6, 6.07) is 14.7. The zero-order chi connectivity index (χ0) is 18.1. The number of anilines is 1. The minimum Gasteiger partial charge on any atom is -0.497 e. The first-order valence-electron chi connectivity index (χ1n) is 7.71. The number of methoxy groups -OCH3 is 2. The maximum atomic E-state index is 11.8. The minimum atomic E-state index is -0.213. The first kappa shape index (κ1) is 21.6. The van der Waals surface area contributed by atoms with Crippen molar-refractivity contribution in [2.45, 2.75) is 6.54 Å². The fraction of sp³-hybridized carbons (Fsp3) is 0.222. The fourth-order valence-corrected chi connectivity index (χ4v) is 2.02. The Bertz CT molecular complexity index is 718. The van der Waals surface area contributed by atoms with Gasteiger partial charge in [-0.15, -0.1) is 24.0 Å². The highest BCUT2D eigenvalue weighted by atomic mass is 127. The van der Waals surface area contributed by atoms with E-state index in [4.69, 9.17) is 15.2 Å². The van der Waals surface area contributed by atoms with Gasteiger partial charge in [0.25, 0.3) is 0 Å². The maximum absolute atomic E-state index is 11.8. The number of rotatable bonds is 7. The third kappa shape index (κ3) is 7.18. The minimum absolute atomic E-state index is 0. The monoisotopic (exact) mass is 470 g/mol. The van der Waals surface area contributed by atoms with E-state index in [0.717, 1.165) is 22.7 Å². The van der Waals surface area contributed by atoms with Crippen LogP contribution in [0.5, 0.6) is 11.5 Å². The Morgan fingerprint density at radius 1 is 1.00 bits per heavy atom. The SMILES string of the molecule is COc1ccc(CNC(=O)CN=C(N)Nc2ccc(OC)cc2)cc1.I. The number of ether oxygens (including phenoxy) is 2. The molecular weight excluding hydrogens is 447 g/mol. The molecular formula is C18H23IN4O3. The predicted molar refractivity (Wildman–Crippen MR) is 113 cm³/mol. The molecule has 0 atom stereocenters. The normalized spacial score (nSPS) is 10.5. The van der Waals surface area contributed by atoms with Crippen LogP contribution in [0.15, 0.2) is 53.5 Å². The number of guanidine groups is 1. The third-order valence-corrected chi connectivity index (χ3v) is 3.40. The van der Waals surface area contributed by atoms with Crippen molar-refractivity contribution in [3.05, 3.63) is 54.1 Å². The second kappa shape index (κ2) is 11.2. The lowest BCUT2D eigenvalue weighted by molar-refractivity contribution is -0.119. The van der Waals surface area contributed by atoms with Crippen molar-refractivity contribution in [3.8, 4) is 11.5 Å². The lowest BCUT2D eigenvalue weighted by Crippen LogP contribution is -2.28. The summed E-state index contributed by atoms with van der Waals surface area (Å²) >= 11 is 0. The molecule has 4 N–H and O–H groups in total. The van der Waals surface area contributed by atoms with E-state index in [2.05, 4.69) is 15.6 Å². The first-order chi connectivity index (χ1) is 12.1. The van der Waals surface area contributed by atoms with Crippen molar-refractivity contribution in [2.75, 3.05) is 26.1 Å². The van der Waals surface area contributed by atoms with Gasteiger partial charge in [-0.2, -0.15) is 0 Å². The number of nitrogens with two attached hydrogens (primary N) is 1. The van der Waals surface area contributed by atoms with E-state index >= 15 is 0 Å². The molecule has 0 bridgehead atoms. The molecule has 1 amide bonds. The quantitative estimate of drug-likeness (QED) is 0.328. The van der Waals surface area contributed by atoms with Gasteiger partial charge >= 0.3 is 0 Å². The summed E-state index contributed by atoms with van der Waals surface area (Å²) < 4.78 is 10.2. The van der Waals surface area contributed by atoms with E-state index in [1.807, 2.05) is 36.4 Å². The number of carbonyl (C=O) groups is 1. The Morgan fingerprint density at radius 2 is 1.54 bits per heavy atom. The van der Waals surface area contributed by atoms with Gasteiger partial charge in [0.2, 0.25) is 5.91 Å². The van der Waals surface area contributed by atoms with Crippen LogP contribution in [0.4, 0.5) is 5.69 Å². The maximum Gasteiger partial charge on any atom is 0.242 e. The number of halogens is 1. The standard InChI is InChI=1S/C18H22N4O3.HI/c1-24-15-7-3-13(4-8-15)11-20-17(23)12-21-18(19)22-14-5-9-16(25-2)10-6-14;/h3-10H,11-12H2,1-2H3,(H,20,23)(H3,19,21,22);1H. The van der Waals surface area contributed by atoms with Gasteiger partial charge in [-0.05, 0) is 42.0 Å². The lowest BCUT2D eigenvalue weighted by atomic mass is 10.2. The first-order valence-corrected chi connectivity index (χ1v) is 7.71. The molecule has 2 aromatic carbocycles. The number of aliphatic imine (C=N–C) groups is 1. The molecule has 2 aromatic rings. The molecule has 2 rings (SSSR count). The molecule has 26 heavy (non-hydrogen) atoms. The number of nitrogens with zero attached hydrogens (tertiary/aromatic N) is 1. The van der Waals surface area contributed by atoms with Crippen LogP contribution in [0.1, 0.15) is 5.56 Å².